The molecule has 116 valence electrons. The Hall–Kier alpha value is -2.55. The number of aromatic nitrogens is 3. The molecule has 7 nitrogen and oxygen atoms in total. The molecule has 0 radical (unpaired) electrons. The number of hydrogen-bond donors (Lipinski definition) is 2. The second kappa shape index (κ2) is 5.58. The van der Waals surface area contributed by atoms with Crippen molar-refractivity contribution >= 4 is 17.4 Å². The summed E-state index contributed by atoms with van der Waals surface area (Å²) in [6.45, 7) is 0. The Morgan fingerprint density at radius 2 is 1.96 bits per heavy atom. The van der Waals surface area contributed by atoms with Crippen LogP contribution < -0.4 is 10.7 Å². The molecule has 0 spiro atoms. The van der Waals surface area contributed by atoms with Crippen LogP contribution in [0.3, 0.4) is 0 Å². The Kier molecular flexibility index (Phi) is 3.41. The number of thioether (sulfide) groups is 1. The van der Waals surface area contributed by atoms with Crippen molar-refractivity contribution in [2.24, 2.45) is 0 Å². The second-order valence-corrected chi connectivity index (χ2v) is 6.07. The van der Waals surface area contributed by atoms with Crippen molar-refractivity contribution in [3.63, 3.8) is 0 Å². The summed E-state index contributed by atoms with van der Waals surface area (Å²) in [5.74, 6) is 0.592. The number of rotatable bonds is 3. The molecule has 1 aliphatic rings. The van der Waals surface area contributed by atoms with Crippen molar-refractivity contribution in [3.8, 4) is 11.4 Å². The fourth-order valence-corrected chi connectivity index (χ4v) is 3.43. The zero-order valence-electron chi connectivity index (χ0n) is 11.8. The minimum absolute atomic E-state index is 0.0532. The number of fused-ring (bicyclic) bond motifs is 1. The molecule has 3 aromatic rings. The van der Waals surface area contributed by atoms with E-state index in [0.29, 0.717) is 11.4 Å². The summed E-state index contributed by atoms with van der Waals surface area (Å²) in [4.78, 5) is 0. The largest absolute Gasteiger partial charge is 0.733 e. The maximum absolute atomic E-state index is 11.0. The van der Waals surface area contributed by atoms with Crippen LogP contribution in [0, 0.1) is 5.21 Å². The average Bonchev–Trinajstić information content (AvgIpc) is 3.16. The third kappa shape index (κ3) is 2.52. The minimum atomic E-state index is -0.167. The molecule has 1 aromatic heterocycles. The van der Waals surface area contributed by atoms with E-state index in [0.717, 1.165) is 10.7 Å². The normalized spacial score (nSPS) is 16.0. The van der Waals surface area contributed by atoms with Gasteiger partial charge in [0, 0.05) is 5.56 Å². The van der Waals surface area contributed by atoms with E-state index >= 15 is 0 Å². The quantitative estimate of drug-likeness (QED) is 0.715. The summed E-state index contributed by atoms with van der Waals surface area (Å²) < 4.78 is 1.80. The van der Waals surface area contributed by atoms with Crippen LogP contribution in [0.1, 0.15) is 10.9 Å². The van der Waals surface area contributed by atoms with Crippen LogP contribution in [0.15, 0.2) is 59.8 Å². The second-order valence-electron chi connectivity index (χ2n) is 5.00. The van der Waals surface area contributed by atoms with Gasteiger partial charge < -0.3 is 15.9 Å². The van der Waals surface area contributed by atoms with E-state index < -0.39 is 0 Å². The van der Waals surface area contributed by atoms with E-state index in [1.807, 2.05) is 36.4 Å². The van der Waals surface area contributed by atoms with Gasteiger partial charge in [0.2, 0.25) is 5.16 Å². The van der Waals surface area contributed by atoms with E-state index in [4.69, 9.17) is 5.21 Å². The van der Waals surface area contributed by atoms with Crippen LogP contribution in [0.5, 0.6) is 0 Å². The maximum Gasteiger partial charge on any atom is 0.212 e. The van der Waals surface area contributed by atoms with Gasteiger partial charge in [0.05, 0.1) is 5.69 Å². The summed E-state index contributed by atoms with van der Waals surface area (Å²) in [7, 11) is 0. The van der Waals surface area contributed by atoms with Crippen molar-refractivity contribution in [1.29, 1.82) is 0 Å². The number of hydrogen-bond acceptors (Lipinski definition) is 7. The molecule has 23 heavy (non-hydrogen) atoms. The van der Waals surface area contributed by atoms with Gasteiger partial charge in [-0.3, -0.25) is 5.21 Å². The Morgan fingerprint density at radius 1 is 1.13 bits per heavy atom. The lowest BCUT2D eigenvalue weighted by atomic mass is 10.2. The van der Waals surface area contributed by atoms with Crippen LogP contribution in [-0.4, -0.2) is 20.1 Å². The third-order valence-corrected chi connectivity index (χ3v) is 4.62. The number of benzene rings is 2. The van der Waals surface area contributed by atoms with Gasteiger partial charge >= 0.3 is 0 Å². The topological polar surface area (TPSA) is 89.3 Å². The van der Waals surface area contributed by atoms with E-state index in [-0.39, 0.29) is 16.3 Å². The standard InChI is InChI=1S/C15H12N5O2S/c21-20(22)12-8-4-7-11(9-12)13-16-17-15-19(13)18-14(23-15)10-5-2-1-3-6-10/h1-9,14,18,21H/q-1/t14-/m1/s1. The molecule has 2 N–H and O–H groups in total. The highest BCUT2D eigenvalue weighted by molar-refractivity contribution is 7.99. The third-order valence-electron chi connectivity index (χ3n) is 3.53. The lowest BCUT2D eigenvalue weighted by molar-refractivity contribution is 0.296. The highest BCUT2D eigenvalue weighted by Gasteiger charge is 2.27. The molecule has 2 heterocycles. The van der Waals surface area contributed by atoms with Crippen LogP contribution in [-0.2, 0) is 0 Å². The fraction of sp³-hybridized carbons (Fsp3) is 0.0667. The van der Waals surface area contributed by atoms with Crippen LogP contribution in [0.2, 0.25) is 0 Å². The molecule has 0 saturated heterocycles. The lowest BCUT2D eigenvalue weighted by Crippen LogP contribution is -2.14. The maximum atomic E-state index is 11.0. The summed E-state index contributed by atoms with van der Waals surface area (Å²) >= 11 is 1.57. The molecule has 2 aromatic carbocycles. The smallest absolute Gasteiger partial charge is 0.212 e. The zero-order valence-corrected chi connectivity index (χ0v) is 12.6. The Morgan fingerprint density at radius 3 is 2.74 bits per heavy atom. The van der Waals surface area contributed by atoms with Crippen LogP contribution in [0.25, 0.3) is 11.4 Å². The molecule has 8 heteroatoms. The molecule has 0 amide bonds. The molecular formula is C15H12N5O2S-. The average molecular weight is 326 g/mol. The molecule has 4 rings (SSSR count). The highest BCUT2D eigenvalue weighted by Crippen LogP contribution is 2.40. The van der Waals surface area contributed by atoms with Gasteiger partial charge in [-0.25, -0.2) is 4.68 Å². The number of anilines is 1. The van der Waals surface area contributed by atoms with Crippen molar-refractivity contribution < 1.29 is 5.21 Å². The van der Waals surface area contributed by atoms with E-state index in [2.05, 4.69) is 15.6 Å². The van der Waals surface area contributed by atoms with E-state index in [1.54, 1.807) is 28.6 Å². The zero-order chi connectivity index (χ0) is 15.8. The Labute approximate surface area is 136 Å². The number of nitrogens with zero attached hydrogens (tertiary/aromatic N) is 4. The summed E-state index contributed by atoms with van der Waals surface area (Å²) in [6, 6.07) is 16.6. The summed E-state index contributed by atoms with van der Waals surface area (Å²) in [6.07, 6.45) is 0. The van der Waals surface area contributed by atoms with Gasteiger partial charge in [0.15, 0.2) is 5.82 Å². The van der Waals surface area contributed by atoms with Crippen molar-refractivity contribution in [2.45, 2.75) is 10.5 Å². The van der Waals surface area contributed by atoms with E-state index in [9.17, 15) is 5.21 Å². The summed E-state index contributed by atoms with van der Waals surface area (Å²) in [5, 5.41) is 29.1. The van der Waals surface area contributed by atoms with Crippen LogP contribution in [0.4, 0.5) is 5.69 Å². The van der Waals surface area contributed by atoms with Crippen molar-refractivity contribution in [3.05, 3.63) is 65.4 Å². The molecule has 1 atom stereocenters. The first-order valence-corrected chi connectivity index (χ1v) is 7.80. The molecule has 0 saturated carbocycles. The molecular weight excluding hydrogens is 314 g/mol. The first-order valence-electron chi connectivity index (χ1n) is 6.92. The summed E-state index contributed by atoms with van der Waals surface area (Å²) in [5.41, 5.74) is 5.33. The van der Waals surface area contributed by atoms with Gasteiger partial charge in [-0.05, 0) is 17.7 Å². The monoisotopic (exact) mass is 326 g/mol. The van der Waals surface area contributed by atoms with Gasteiger partial charge in [-0.15, -0.1) is 10.2 Å². The lowest BCUT2D eigenvalue weighted by Gasteiger charge is -2.21. The first kappa shape index (κ1) is 14.1. The predicted molar refractivity (Wildman–Crippen MR) is 87.5 cm³/mol. The van der Waals surface area contributed by atoms with Crippen molar-refractivity contribution in [1.82, 2.24) is 14.9 Å². The van der Waals surface area contributed by atoms with E-state index in [1.165, 1.54) is 6.07 Å². The van der Waals surface area contributed by atoms with Gasteiger partial charge in [0.25, 0.3) is 0 Å². The van der Waals surface area contributed by atoms with Gasteiger partial charge in [-0.2, -0.15) is 0 Å². The van der Waals surface area contributed by atoms with Gasteiger partial charge in [0.1, 0.15) is 5.37 Å². The van der Waals surface area contributed by atoms with Crippen LogP contribution >= 0.6 is 11.8 Å². The Bertz CT molecular complexity index is 837. The van der Waals surface area contributed by atoms with Crippen molar-refractivity contribution in [2.75, 3.05) is 10.7 Å². The molecule has 0 bridgehead atoms. The molecule has 0 fully saturated rings. The SMILES string of the molecule is [O-]N(O)c1cccc(-c2nnc3n2N[C@@H](c2ccccc2)S3)c1. The predicted octanol–water partition coefficient (Wildman–Crippen LogP) is 2.99. The molecule has 0 unspecified atom stereocenters. The minimum Gasteiger partial charge on any atom is -0.733 e. The molecule has 1 aliphatic heterocycles. The fourth-order valence-electron chi connectivity index (χ4n) is 2.43. The first-order chi connectivity index (χ1) is 11.2. The Balaban J connectivity index is 1.67. The number of nitrogens with one attached hydrogen (secondary N) is 1. The van der Waals surface area contributed by atoms with Gasteiger partial charge in [-0.1, -0.05) is 54.2 Å². The highest BCUT2D eigenvalue weighted by atomic mass is 32.2. The molecule has 0 aliphatic carbocycles.